The number of hydrogen-bond donors (Lipinski definition) is 0. The van der Waals surface area contributed by atoms with Gasteiger partial charge in [-0.1, -0.05) is 23.8 Å². The Morgan fingerprint density at radius 3 is 3.08 bits per heavy atom. The number of benzene rings is 1. The molecule has 0 radical (unpaired) electrons. The normalized spacial score (nSPS) is 22.8. The number of aryl methyl sites for hydroxylation is 1. The SMILES string of the molecule is Cc1cccc(-c2cnc3n2C[C@@]2(CCN(Cc4ccsc4)C2)OC3)c1. The number of likely N-dealkylation sites (tertiary alicyclic amines) is 1. The first-order chi connectivity index (χ1) is 12.7. The van der Waals surface area contributed by atoms with Crippen molar-refractivity contribution < 1.29 is 4.74 Å². The van der Waals surface area contributed by atoms with Crippen LogP contribution in [-0.4, -0.2) is 33.1 Å². The van der Waals surface area contributed by atoms with E-state index in [0.29, 0.717) is 6.61 Å². The van der Waals surface area contributed by atoms with Crippen molar-refractivity contribution >= 4 is 11.3 Å². The molecule has 5 rings (SSSR count). The van der Waals surface area contributed by atoms with Crippen LogP contribution in [0.1, 0.15) is 23.4 Å². The Morgan fingerprint density at radius 1 is 1.27 bits per heavy atom. The van der Waals surface area contributed by atoms with Gasteiger partial charge in [0, 0.05) is 25.2 Å². The monoisotopic (exact) mass is 365 g/mol. The number of nitrogens with zero attached hydrogens (tertiary/aromatic N) is 3. The van der Waals surface area contributed by atoms with Gasteiger partial charge in [-0.05, 0) is 41.8 Å². The molecule has 3 aromatic rings. The van der Waals surface area contributed by atoms with Crippen LogP contribution in [0.4, 0.5) is 0 Å². The van der Waals surface area contributed by atoms with Crippen molar-refractivity contribution in [2.75, 3.05) is 13.1 Å². The quantitative estimate of drug-likeness (QED) is 0.700. The third-order valence-electron chi connectivity index (χ3n) is 5.59. The zero-order chi connectivity index (χ0) is 17.6. The largest absolute Gasteiger partial charge is 0.364 e. The van der Waals surface area contributed by atoms with Crippen molar-refractivity contribution in [3.05, 3.63) is 64.2 Å². The molecule has 0 aliphatic carbocycles. The zero-order valence-electron chi connectivity index (χ0n) is 15.0. The molecule has 0 N–H and O–H groups in total. The van der Waals surface area contributed by atoms with Crippen molar-refractivity contribution in [1.82, 2.24) is 14.5 Å². The number of ether oxygens (including phenoxy) is 1. The van der Waals surface area contributed by atoms with Gasteiger partial charge in [-0.15, -0.1) is 0 Å². The molecule has 1 atom stereocenters. The Bertz CT molecular complexity index is 917. The molecule has 26 heavy (non-hydrogen) atoms. The second-order valence-corrected chi connectivity index (χ2v) is 8.36. The van der Waals surface area contributed by atoms with Crippen LogP contribution in [0.2, 0.25) is 0 Å². The first-order valence-electron chi connectivity index (χ1n) is 9.20. The summed E-state index contributed by atoms with van der Waals surface area (Å²) < 4.78 is 8.73. The molecular weight excluding hydrogens is 342 g/mol. The number of rotatable bonds is 3. The highest BCUT2D eigenvalue weighted by molar-refractivity contribution is 7.07. The topological polar surface area (TPSA) is 30.3 Å². The van der Waals surface area contributed by atoms with Crippen LogP contribution in [0.5, 0.6) is 0 Å². The van der Waals surface area contributed by atoms with Gasteiger partial charge in [-0.25, -0.2) is 4.98 Å². The first-order valence-corrected chi connectivity index (χ1v) is 10.1. The van der Waals surface area contributed by atoms with Gasteiger partial charge < -0.3 is 9.30 Å². The summed E-state index contributed by atoms with van der Waals surface area (Å²) in [6, 6.07) is 10.9. The molecule has 2 aromatic heterocycles. The number of fused-ring (bicyclic) bond motifs is 1. The van der Waals surface area contributed by atoms with Gasteiger partial charge in [0.1, 0.15) is 18.0 Å². The fourth-order valence-electron chi connectivity index (χ4n) is 4.24. The van der Waals surface area contributed by atoms with Crippen LogP contribution < -0.4 is 0 Å². The number of hydrogen-bond acceptors (Lipinski definition) is 4. The van der Waals surface area contributed by atoms with Crippen molar-refractivity contribution in [3.63, 3.8) is 0 Å². The van der Waals surface area contributed by atoms with Crippen LogP contribution in [0, 0.1) is 6.92 Å². The van der Waals surface area contributed by atoms with E-state index in [1.54, 1.807) is 11.3 Å². The lowest BCUT2D eigenvalue weighted by Crippen LogP contribution is -2.44. The van der Waals surface area contributed by atoms with Crippen molar-refractivity contribution in [3.8, 4) is 11.3 Å². The maximum atomic E-state index is 6.35. The standard InChI is InChI=1S/C21H23N3OS/c1-16-3-2-4-18(9-16)19-10-22-20-12-25-21(15-24(19)20)6-7-23(14-21)11-17-5-8-26-13-17/h2-5,8-10,13H,6-7,11-12,14-15H2,1H3/t21-/m0/s1. The maximum Gasteiger partial charge on any atom is 0.135 e. The van der Waals surface area contributed by atoms with Crippen LogP contribution in [0.25, 0.3) is 11.3 Å². The zero-order valence-corrected chi connectivity index (χ0v) is 15.8. The van der Waals surface area contributed by atoms with Crippen LogP contribution in [-0.2, 0) is 24.4 Å². The second-order valence-electron chi connectivity index (χ2n) is 7.58. The summed E-state index contributed by atoms with van der Waals surface area (Å²) in [6.45, 7) is 6.76. The van der Waals surface area contributed by atoms with Gasteiger partial charge in [-0.3, -0.25) is 4.90 Å². The molecule has 1 spiro atoms. The van der Waals surface area contributed by atoms with Gasteiger partial charge in [-0.2, -0.15) is 11.3 Å². The van der Waals surface area contributed by atoms with E-state index in [0.717, 1.165) is 38.4 Å². The molecule has 0 saturated carbocycles. The maximum absolute atomic E-state index is 6.35. The summed E-state index contributed by atoms with van der Waals surface area (Å²) in [6.07, 6.45) is 3.09. The predicted octanol–water partition coefficient (Wildman–Crippen LogP) is 4.09. The molecule has 4 heterocycles. The van der Waals surface area contributed by atoms with Gasteiger partial charge in [0.15, 0.2) is 0 Å². The molecule has 2 aliphatic rings. The van der Waals surface area contributed by atoms with E-state index in [1.807, 2.05) is 6.20 Å². The Balaban J connectivity index is 1.39. The lowest BCUT2D eigenvalue weighted by Gasteiger charge is -2.35. The highest BCUT2D eigenvalue weighted by Crippen LogP contribution is 2.35. The fourth-order valence-corrected chi connectivity index (χ4v) is 4.90. The minimum Gasteiger partial charge on any atom is -0.364 e. The summed E-state index contributed by atoms with van der Waals surface area (Å²) in [5, 5.41) is 4.40. The average Bonchev–Trinajstić information content (AvgIpc) is 3.36. The highest BCUT2D eigenvalue weighted by Gasteiger charge is 2.43. The van der Waals surface area contributed by atoms with Gasteiger partial charge in [0.25, 0.3) is 0 Å². The Hall–Kier alpha value is -1.95. The Kier molecular flexibility index (Phi) is 3.96. The molecule has 2 aliphatic heterocycles. The van der Waals surface area contributed by atoms with E-state index in [1.165, 1.54) is 22.4 Å². The Morgan fingerprint density at radius 2 is 2.23 bits per heavy atom. The fraction of sp³-hybridized carbons (Fsp3) is 0.381. The third-order valence-corrected chi connectivity index (χ3v) is 6.32. The molecule has 0 unspecified atom stereocenters. The first kappa shape index (κ1) is 16.2. The lowest BCUT2D eigenvalue weighted by molar-refractivity contribution is -0.0821. The van der Waals surface area contributed by atoms with E-state index >= 15 is 0 Å². The van der Waals surface area contributed by atoms with E-state index < -0.39 is 0 Å². The van der Waals surface area contributed by atoms with Gasteiger partial charge >= 0.3 is 0 Å². The molecule has 1 aromatic carbocycles. The van der Waals surface area contributed by atoms with E-state index in [4.69, 9.17) is 4.74 Å². The third kappa shape index (κ3) is 2.90. The summed E-state index contributed by atoms with van der Waals surface area (Å²) in [5.41, 5.74) is 5.06. The summed E-state index contributed by atoms with van der Waals surface area (Å²) in [5.74, 6) is 1.04. The molecule has 1 fully saturated rings. The molecule has 5 heteroatoms. The highest BCUT2D eigenvalue weighted by atomic mass is 32.1. The van der Waals surface area contributed by atoms with E-state index in [9.17, 15) is 0 Å². The molecule has 134 valence electrons. The van der Waals surface area contributed by atoms with Crippen LogP contribution in [0.3, 0.4) is 0 Å². The summed E-state index contributed by atoms with van der Waals surface area (Å²) in [7, 11) is 0. The van der Waals surface area contributed by atoms with Crippen molar-refractivity contribution in [2.45, 2.75) is 38.6 Å². The van der Waals surface area contributed by atoms with Crippen LogP contribution in [0.15, 0.2) is 47.3 Å². The molecule has 4 nitrogen and oxygen atoms in total. The van der Waals surface area contributed by atoms with E-state index in [-0.39, 0.29) is 5.60 Å². The smallest absolute Gasteiger partial charge is 0.135 e. The van der Waals surface area contributed by atoms with Gasteiger partial charge in [0.2, 0.25) is 0 Å². The molecule has 0 amide bonds. The average molecular weight is 366 g/mol. The van der Waals surface area contributed by atoms with Crippen molar-refractivity contribution in [2.24, 2.45) is 0 Å². The minimum absolute atomic E-state index is 0.0811. The lowest BCUT2D eigenvalue weighted by atomic mass is 10.0. The predicted molar refractivity (Wildman–Crippen MR) is 104 cm³/mol. The Labute approximate surface area is 158 Å². The van der Waals surface area contributed by atoms with Crippen LogP contribution >= 0.6 is 11.3 Å². The molecular formula is C21H23N3OS. The second kappa shape index (κ2) is 6.34. The van der Waals surface area contributed by atoms with Gasteiger partial charge in [0.05, 0.1) is 18.4 Å². The summed E-state index contributed by atoms with van der Waals surface area (Å²) in [4.78, 5) is 7.15. The summed E-state index contributed by atoms with van der Waals surface area (Å²) >= 11 is 1.77. The molecule has 0 bridgehead atoms. The number of imidazole rings is 1. The number of aromatic nitrogens is 2. The van der Waals surface area contributed by atoms with E-state index in [2.05, 4.69) is 62.5 Å². The molecule has 1 saturated heterocycles. The number of thiophene rings is 1. The minimum atomic E-state index is -0.0811. The van der Waals surface area contributed by atoms with Crippen molar-refractivity contribution in [1.29, 1.82) is 0 Å².